The number of esters is 1. The molecule has 4 rings (SSSR count). The first-order chi connectivity index (χ1) is 15.1. The van der Waals surface area contributed by atoms with Gasteiger partial charge in [-0.25, -0.2) is 0 Å². The molecule has 2 heterocycles. The fourth-order valence-corrected chi connectivity index (χ4v) is 6.50. The van der Waals surface area contributed by atoms with Crippen molar-refractivity contribution in [1.82, 2.24) is 0 Å². The van der Waals surface area contributed by atoms with Gasteiger partial charge in [0.2, 0.25) is 5.91 Å². The van der Waals surface area contributed by atoms with Crippen LogP contribution in [0.1, 0.15) is 23.5 Å². The second-order valence-corrected chi connectivity index (χ2v) is 9.96. The van der Waals surface area contributed by atoms with Crippen LogP contribution in [-0.2, 0) is 9.59 Å². The molecular weight excluding hydrogens is 434 g/mol. The summed E-state index contributed by atoms with van der Waals surface area (Å²) in [5.41, 5.74) is 1.90. The predicted octanol–water partition coefficient (Wildman–Crippen LogP) is 4.53. The van der Waals surface area contributed by atoms with Gasteiger partial charge < -0.3 is 19.1 Å². The van der Waals surface area contributed by atoms with Crippen molar-refractivity contribution in [2.45, 2.75) is 17.9 Å². The highest BCUT2D eigenvalue weighted by Gasteiger charge is 2.36. The van der Waals surface area contributed by atoms with Gasteiger partial charge in [0.1, 0.15) is 5.75 Å². The number of methoxy groups -OCH3 is 1. The van der Waals surface area contributed by atoms with Crippen LogP contribution in [-0.4, -0.2) is 43.6 Å². The number of nitrogens with zero attached hydrogens (tertiary/aromatic N) is 1. The van der Waals surface area contributed by atoms with Gasteiger partial charge in [0, 0.05) is 30.2 Å². The van der Waals surface area contributed by atoms with E-state index in [1.165, 1.54) is 0 Å². The molecule has 6 nitrogen and oxygen atoms in total. The largest absolute Gasteiger partial charge is 0.494 e. The molecule has 0 aliphatic carbocycles. The smallest absolute Gasteiger partial charge is 0.316 e. The highest BCUT2D eigenvalue weighted by atomic mass is 32.2. The number of amides is 1. The summed E-state index contributed by atoms with van der Waals surface area (Å²) in [6, 6.07) is 13.0. The average Bonchev–Trinajstić information content (AvgIpc) is 3.45. The summed E-state index contributed by atoms with van der Waals surface area (Å²) in [7, 11) is 1.57. The van der Waals surface area contributed by atoms with Crippen LogP contribution in [0.2, 0.25) is 0 Å². The van der Waals surface area contributed by atoms with Crippen LogP contribution < -0.4 is 19.1 Å². The number of hydrogen-bond donors (Lipinski definition) is 0. The summed E-state index contributed by atoms with van der Waals surface area (Å²) >= 11 is 3.81. The Kier molecular flexibility index (Phi) is 6.97. The Bertz CT molecular complexity index is 943. The molecule has 0 spiro atoms. The summed E-state index contributed by atoms with van der Waals surface area (Å²) in [5, 5.41) is 0. The molecule has 0 radical (unpaired) electrons. The maximum atomic E-state index is 12.8. The molecule has 1 amide bonds. The van der Waals surface area contributed by atoms with Crippen LogP contribution in [0, 0.1) is 5.92 Å². The van der Waals surface area contributed by atoms with Crippen LogP contribution in [0.3, 0.4) is 0 Å². The lowest BCUT2D eigenvalue weighted by atomic mass is 10.1. The van der Waals surface area contributed by atoms with Gasteiger partial charge in [-0.1, -0.05) is 6.07 Å². The van der Waals surface area contributed by atoms with E-state index >= 15 is 0 Å². The van der Waals surface area contributed by atoms with E-state index in [0.717, 1.165) is 28.5 Å². The van der Waals surface area contributed by atoms with E-state index in [2.05, 4.69) is 0 Å². The van der Waals surface area contributed by atoms with Crippen molar-refractivity contribution in [3.8, 4) is 17.2 Å². The first-order valence-corrected chi connectivity index (χ1v) is 12.3. The Labute approximate surface area is 190 Å². The molecule has 2 aromatic carbocycles. The van der Waals surface area contributed by atoms with E-state index in [4.69, 9.17) is 14.2 Å². The average molecular weight is 460 g/mol. The van der Waals surface area contributed by atoms with Gasteiger partial charge >= 0.3 is 5.97 Å². The minimum absolute atomic E-state index is 0.0938. The number of rotatable bonds is 7. The van der Waals surface area contributed by atoms with Crippen LogP contribution >= 0.6 is 23.5 Å². The highest BCUT2D eigenvalue weighted by Crippen LogP contribution is 2.47. The number of anilines is 1. The summed E-state index contributed by atoms with van der Waals surface area (Å²) < 4.78 is 16.9. The third kappa shape index (κ3) is 4.96. The van der Waals surface area contributed by atoms with E-state index in [1.54, 1.807) is 18.1 Å². The predicted molar refractivity (Wildman–Crippen MR) is 124 cm³/mol. The summed E-state index contributed by atoms with van der Waals surface area (Å²) in [6.07, 6.45) is 0.127. The summed E-state index contributed by atoms with van der Waals surface area (Å²) in [6.45, 7) is 2.80. The zero-order valence-corrected chi connectivity index (χ0v) is 19.2. The van der Waals surface area contributed by atoms with Crippen molar-refractivity contribution in [3.63, 3.8) is 0 Å². The first kappa shape index (κ1) is 21.9. The van der Waals surface area contributed by atoms with E-state index in [-0.39, 0.29) is 12.3 Å². The van der Waals surface area contributed by atoms with Crippen molar-refractivity contribution in [3.05, 3.63) is 48.0 Å². The Morgan fingerprint density at radius 1 is 1.10 bits per heavy atom. The number of hydrogen-bond acceptors (Lipinski definition) is 7. The molecular formula is C23H25NO5S2. The number of carbonyl (C=O) groups is 2. The third-order valence-electron chi connectivity index (χ3n) is 5.21. The Hall–Kier alpha value is -2.32. The number of ether oxygens (including phenoxy) is 3. The lowest BCUT2D eigenvalue weighted by molar-refractivity contribution is -0.139. The molecule has 2 aliphatic heterocycles. The molecule has 31 heavy (non-hydrogen) atoms. The van der Waals surface area contributed by atoms with E-state index in [9.17, 15) is 9.59 Å². The maximum Gasteiger partial charge on any atom is 0.316 e. The quantitative estimate of drug-likeness (QED) is 0.445. The van der Waals surface area contributed by atoms with Gasteiger partial charge in [-0.05, 0) is 48.9 Å². The number of carbonyl (C=O) groups excluding carboxylic acids is 2. The van der Waals surface area contributed by atoms with Crippen molar-refractivity contribution in [1.29, 1.82) is 0 Å². The molecule has 2 aliphatic rings. The Morgan fingerprint density at radius 3 is 2.52 bits per heavy atom. The fourth-order valence-electron chi connectivity index (χ4n) is 3.66. The molecule has 1 unspecified atom stereocenters. The third-order valence-corrected chi connectivity index (χ3v) is 8.31. The van der Waals surface area contributed by atoms with Gasteiger partial charge in [0.15, 0.2) is 11.5 Å². The summed E-state index contributed by atoms with van der Waals surface area (Å²) in [4.78, 5) is 26.9. The lowest BCUT2D eigenvalue weighted by Crippen LogP contribution is -2.27. The fraction of sp³-hybridized carbons (Fsp3) is 0.391. The molecule has 0 N–H and O–H groups in total. The monoisotopic (exact) mass is 459 g/mol. The van der Waals surface area contributed by atoms with Crippen LogP contribution in [0.15, 0.2) is 42.5 Å². The molecule has 2 saturated heterocycles. The minimum Gasteiger partial charge on any atom is -0.494 e. The van der Waals surface area contributed by atoms with Gasteiger partial charge in [0.25, 0.3) is 0 Å². The standard InChI is InChI=1S/C23H25NO5S2/c1-3-28-18-7-5-17(6-8-18)24-14-16(13-21(24)25)22(26)29-19-9-4-15(12-20(19)27-2)23-30-10-11-31-23/h4-9,12,16,23H,3,10-11,13-14H2,1-2H3. The highest BCUT2D eigenvalue weighted by molar-refractivity contribution is 8.19. The zero-order chi connectivity index (χ0) is 21.8. The molecule has 2 fully saturated rings. The Morgan fingerprint density at radius 2 is 1.84 bits per heavy atom. The molecule has 0 aromatic heterocycles. The zero-order valence-electron chi connectivity index (χ0n) is 17.5. The van der Waals surface area contributed by atoms with Crippen molar-refractivity contribution < 1.29 is 23.8 Å². The molecule has 1 atom stereocenters. The van der Waals surface area contributed by atoms with E-state index in [1.807, 2.05) is 66.8 Å². The van der Waals surface area contributed by atoms with Crippen LogP contribution in [0.5, 0.6) is 17.2 Å². The van der Waals surface area contributed by atoms with Crippen molar-refractivity contribution in [2.75, 3.05) is 36.7 Å². The van der Waals surface area contributed by atoms with E-state index in [0.29, 0.717) is 29.2 Å². The molecule has 164 valence electrons. The van der Waals surface area contributed by atoms with Gasteiger partial charge in [-0.15, -0.1) is 23.5 Å². The molecule has 0 bridgehead atoms. The van der Waals surface area contributed by atoms with Crippen LogP contribution in [0.4, 0.5) is 5.69 Å². The first-order valence-electron chi connectivity index (χ1n) is 10.2. The second kappa shape index (κ2) is 9.87. The lowest BCUT2D eigenvalue weighted by Gasteiger charge is -2.17. The minimum atomic E-state index is -0.524. The van der Waals surface area contributed by atoms with Gasteiger partial charge in [0.05, 0.1) is 24.2 Å². The Balaban J connectivity index is 1.42. The number of benzene rings is 2. The second-order valence-electron chi connectivity index (χ2n) is 7.24. The van der Waals surface area contributed by atoms with Gasteiger partial charge in [-0.2, -0.15) is 0 Å². The van der Waals surface area contributed by atoms with E-state index < -0.39 is 11.9 Å². The van der Waals surface area contributed by atoms with Crippen molar-refractivity contribution >= 4 is 41.1 Å². The van der Waals surface area contributed by atoms with Gasteiger partial charge in [-0.3, -0.25) is 9.59 Å². The normalized spacial score (nSPS) is 19.0. The maximum absolute atomic E-state index is 12.8. The molecule has 8 heteroatoms. The summed E-state index contributed by atoms with van der Waals surface area (Å²) in [5.74, 6) is 2.90. The number of thioether (sulfide) groups is 2. The topological polar surface area (TPSA) is 65.1 Å². The van der Waals surface area contributed by atoms with Crippen molar-refractivity contribution in [2.24, 2.45) is 5.92 Å². The molecule has 0 saturated carbocycles. The molecule has 2 aromatic rings. The SMILES string of the molecule is CCOc1ccc(N2CC(C(=O)Oc3ccc(C4SCCS4)cc3OC)CC2=O)cc1. The van der Waals surface area contributed by atoms with Crippen LogP contribution in [0.25, 0.3) is 0 Å².